The highest BCUT2D eigenvalue weighted by Crippen LogP contribution is 2.42. The largest absolute Gasteiger partial charge is 0.491 e. The average Bonchev–Trinajstić information content (AvgIpc) is 2.88. The second kappa shape index (κ2) is 11.5. The van der Waals surface area contributed by atoms with E-state index in [9.17, 15) is 27.1 Å². The minimum atomic E-state index is -1.09. The SMILES string of the molecule is CCOc1ccc(/C=C/c2ccc(C3CCC(c4ccc(C(C)O)c(F)c4F)CC3)cc2F)c(F)c1F. The summed E-state index contributed by atoms with van der Waals surface area (Å²) in [6.07, 6.45) is 4.25. The molecule has 0 bridgehead atoms. The van der Waals surface area contributed by atoms with Crippen LogP contribution in [0.15, 0.2) is 42.5 Å². The Morgan fingerprint density at radius 1 is 0.811 bits per heavy atom. The Bertz CT molecular complexity index is 1290. The van der Waals surface area contributed by atoms with Crippen molar-refractivity contribution in [3.05, 3.63) is 99.4 Å². The maximum Gasteiger partial charge on any atom is 0.201 e. The zero-order valence-electron chi connectivity index (χ0n) is 20.7. The molecule has 0 aliphatic heterocycles. The van der Waals surface area contributed by atoms with Crippen LogP contribution < -0.4 is 4.74 Å². The van der Waals surface area contributed by atoms with Crippen molar-refractivity contribution in [2.24, 2.45) is 0 Å². The fraction of sp³-hybridized carbons (Fsp3) is 0.333. The number of aliphatic hydroxyl groups excluding tert-OH is 1. The second-order valence-electron chi connectivity index (χ2n) is 9.42. The molecule has 0 heterocycles. The number of rotatable bonds is 7. The fourth-order valence-electron chi connectivity index (χ4n) is 5.01. The smallest absolute Gasteiger partial charge is 0.201 e. The van der Waals surface area contributed by atoms with Crippen molar-refractivity contribution >= 4 is 12.2 Å². The third-order valence-electron chi connectivity index (χ3n) is 7.07. The predicted octanol–water partition coefficient (Wildman–Crippen LogP) is 8.45. The molecule has 3 aromatic carbocycles. The summed E-state index contributed by atoms with van der Waals surface area (Å²) in [5, 5.41) is 9.60. The van der Waals surface area contributed by atoms with Gasteiger partial charge in [0.05, 0.1) is 12.7 Å². The van der Waals surface area contributed by atoms with E-state index < -0.39 is 35.2 Å². The Kier molecular flexibility index (Phi) is 8.32. The number of halogens is 5. The summed E-state index contributed by atoms with van der Waals surface area (Å²) in [5.41, 5.74) is 1.28. The molecule has 0 radical (unpaired) electrons. The van der Waals surface area contributed by atoms with Gasteiger partial charge in [0.25, 0.3) is 0 Å². The van der Waals surface area contributed by atoms with Crippen LogP contribution in [0.3, 0.4) is 0 Å². The van der Waals surface area contributed by atoms with E-state index in [-0.39, 0.29) is 40.9 Å². The van der Waals surface area contributed by atoms with E-state index >= 15 is 0 Å². The fourth-order valence-corrected chi connectivity index (χ4v) is 5.01. The number of hydrogen-bond acceptors (Lipinski definition) is 2. The van der Waals surface area contributed by atoms with Gasteiger partial charge in [-0.05, 0) is 80.7 Å². The quantitative estimate of drug-likeness (QED) is 0.252. The van der Waals surface area contributed by atoms with Gasteiger partial charge in [-0.1, -0.05) is 36.4 Å². The highest BCUT2D eigenvalue weighted by molar-refractivity contribution is 5.70. The summed E-state index contributed by atoms with van der Waals surface area (Å²) in [6, 6.07) is 10.5. The van der Waals surface area contributed by atoms with Gasteiger partial charge in [-0.15, -0.1) is 0 Å². The number of aliphatic hydroxyl groups is 1. The van der Waals surface area contributed by atoms with Crippen LogP contribution in [-0.4, -0.2) is 11.7 Å². The molecule has 0 spiro atoms. The Hall–Kier alpha value is -3.19. The lowest BCUT2D eigenvalue weighted by molar-refractivity contribution is 0.192. The van der Waals surface area contributed by atoms with Crippen molar-refractivity contribution in [3.63, 3.8) is 0 Å². The molecule has 7 heteroatoms. The standard InChI is InChI=1S/C30H29F5O2/c1-3-37-26-15-12-21(27(32)30(26)35)10-8-20-9-11-22(16-25(20)31)18-4-6-19(7-5-18)24-14-13-23(17(2)36)28(33)29(24)34/h8-19,36H,3-7H2,1-2H3/b10-8+. The first-order chi connectivity index (χ1) is 17.7. The van der Waals surface area contributed by atoms with Crippen molar-refractivity contribution in [1.29, 1.82) is 0 Å². The van der Waals surface area contributed by atoms with Crippen LogP contribution >= 0.6 is 0 Å². The maximum absolute atomic E-state index is 14.8. The molecule has 1 saturated carbocycles. The van der Waals surface area contributed by atoms with Gasteiger partial charge in [0, 0.05) is 16.7 Å². The monoisotopic (exact) mass is 516 g/mol. The molecule has 1 atom stereocenters. The molecular formula is C30H29F5O2. The summed E-state index contributed by atoms with van der Waals surface area (Å²) in [6.45, 7) is 3.26. The van der Waals surface area contributed by atoms with E-state index in [4.69, 9.17) is 4.74 Å². The van der Waals surface area contributed by atoms with E-state index in [1.807, 2.05) is 0 Å². The van der Waals surface area contributed by atoms with Crippen molar-refractivity contribution in [3.8, 4) is 5.75 Å². The van der Waals surface area contributed by atoms with Gasteiger partial charge in [-0.25, -0.2) is 17.6 Å². The lowest BCUT2D eigenvalue weighted by Gasteiger charge is -2.29. The van der Waals surface area contributed by atoms with Gasteiger partial charge in [-0.2, -0.15) is 4.39 Å². The van der Waals surface area contributed by atoms with E-state index in [1.54, 1.807) is 25.1 Å². The summed E-state index contributed by atoms with van der Waals surface area (Å²) in [7, 11) is 0. The Morgan fingerprint density at radius 3 is 2.11 bits per heavy atom. The first-order valence-electron chi connectivity index (χ1n) is 12.4. The van der Waals surface area contributed by atoms with Crippen molar-refractivity contribution < 1.29 is 31.8 Å². The van der Waals surface area contributed by atoms with Crippen LogP contribution in [0.4, 0.5) is 22.0 Å². The highest BCUT2D eigenvalue weighted by Gasteiger charge is 2.28. The molecule has 4 rings (SSSR count). The normalized spacial score (nSPS) is 18.8. The number of benzene rings is 3. The summed E-state index contributed by atoms with van der Waals surface area (Å²) in [5.74, 6) is -4.79. The minimum absolute atomic E-state index is 0.0205. The molecule has 0 amide bonds. The number of hydrogen-bond donors (Lipinski definition) is 1. The first-order valence-corrected chi connectivity index (χ1v) is 12.4. The molecule has 1 N–H and O–H groups in total. The van der Waals surface area contributed by atoms with Gasteiger partial charge in [0.1, 0.15) is 5.82 Å². The van der Waals surface area contributed by atoms with Crippen LogP contribution in [0.5, 0.6) is 5.75 Å². The summed E-state index contributed by atoms with van der Waals surface area (Å²) >= 11 is 0. The molecule has 0 aromatic heterocycles. The second-order valence-corrected chi connectivity index (χ2v) is 9.42. The minimum Gasteiger partial charge on any atom is -0.491 e. The van der Waals surface area contributed by atoms with E-state index in [0.717, 1.165) is 5.56 Å². The lowest BCUT2D eigenvalue weighted by atomic mass is 9.75. The molecular weight excluding hydrogens is 487 g/mol. The van der Waals surface area contributed by atoms with Crippen LogP contribution in [0.2, 0.25) is 0 Å². The molecule has 37 heavy (non-hydrogen) atoms. The maximum atomic E-state index is 14.8. The van der Waals surface area contributed by atoms with Crippen LogP contribution in [-0.2, 0) is 0 Å². The lowest BCUT2D eigenvalue weighted by Crippen LogP contribution is -2.14. The Balaban J connectivity index is 1.43. The van der Waals surface area contributed by atoms with E-state index in [0.29, 0.717) is 31.2 Å². The van der Waals surface area contributed by atoms with Crippen LogP contribution in [0.1, 0.15) is 85.3 Å². The van der Waals surface area contributed by atoms with Gasteiger partial charge in [0.15, 0.2) is 23.2 Å². The molecule has 0 saturated heterocycles. The Morgan fingerprint density at radius 2 is 1.46 bits per heavy atom. The van der Waals surface area contributed by atoms with Crippen molar-refractivity contribution in [2.45, 2.75) is 57.5 Å². The molecule has 1 fully saturated rings. The zero-order chi connectivity index (χ0) is 26.7. The average molecular weight is 517 g/mol. The molecule has 1 aliphatic carbocycles. The van der Waals surface area contributed by atoms with Crippen molar-refractivity contribution in [2.75, 3.05) is 6.61 Å². The Labute approximate surface area is 213 Å². The topological polar surface area (TPSA) is 29.5 Å². The predicted molar refractivity (Wildman–Crippen MR) is 134 cm³/mol. The highest BCUT2D eigenvalue weighted by atomic mass is 19.2. The zero-order valence-corrected chi connectivity index (χ0v) is 20.7. The van der Waals surface area contributed by atoms with Gasteiger partial charge < -0.3 is 9.84 Å². The molecule has 1 unspecified atom stereocenters. The molecule has 196 valence electrons. The summed E-state index contributed by atoms with van der Waals surface area (Å²) in [4.78, 5) is 0. The molecule has 1 aliphatic rings. The first kappa shape index (κ1) is 26.9. The number of ether oxygens (including phenoxy) is 1. The summed E-state index contributed by atoms with van der Waals surface area (Å²) < 4.78 is 77.2. The van der Waals surface area contributed by atoms with Gasteiger partial charge >= 0.3 is 0 Å². The van der Waals surface area contributed by atoms with Crippen LogP contribution in [0.25, 0.3) is 12.2 Å². The van der Waals surface area contributed by atoms with Crippen molar-refractivity contribution in [1.82, 2.24) is 0 Å². The van der Waals surface area contributed by atoms with Crippen LogP contribution in [0, 0.1) is 29.1 Å². The van der Waals surface area contributed by atoms with Gasteiger partial charge in [0.2, 0.25) is 5.82 Å². The molecule has 3 aromatic rings. The van der Waals surface area contributed by atoms with E-state index in [2.05, 4.69) is 0 Å². The molecule has 2 nitrogen and oxygen atoms in total. The van der Waals surface area contributed by atoms with E-state index in [1.165, 1.54) is 43.3 Å². The van der Waals surface area contributed by atoms with Gasteiger partial charge in [-0.3, -0.25) is 0 Å². The third-order valence-corrected chi connectivity index (χ3v) is 7.07. The third kappa shape index (κ3) is 5.72.